The van der Waals surface area contributed by atoms with E-state index >= 15 is 0 Å². The molecule has 0 aromatic heterocycles. The highest BCUT2D eigenvalue weighted by atomic mass is 32.2. The van der Waals surface area contributed by atoms with E-state index in [0.29, 0.717) is 46.7 Å². The fourth-order valence-electron chi connectivity index (χ4n) is 3.69. The number of nitrogens with zero attached hydrogens (tertiary/aromatic N) is 2. The molecule has 1 fully saturated rings. The molecule has 1 saturated heterocycles. The number of hydrogen-bond acceptors (Lipinski definition) is 7. The Morgan fingerprint density at radius 3 is 2.88 bits per heavy atom. The summed E-state index contributed by atoms with van der Waals surface area (Å²) in [5, 5.41) is 0.600. The van der Waals surface area contributed by atoms with Crippen LogP contribution < -0.4 is 9.47 Å². The molecule has 1 atom stereocenters. The predicted octanol–water partition coefficient (Wildman–Crippen LogP) is 4.64. The first-order valence-corrected chi connectivity index (χ1v) is 11.8. The lowest BCUT2D eigenvalue weighted by Crippen LogP contribution is -2.45. The summed E-state index contributed by atoms with van der Waals surface area (Å²) in [4.78, 5) is 32.0. The molecule has 0 N–H and O–H groups in total. The number of fused-ring (bicyclic) bond motifs is 1. The highest BCUT2D eigenvalue weighted by molar-refractivity contribution is 8.14. The van der Waals surface area contributed by atoms with Crippen molar-refractivity contribution in [2.24, 2.45) is 4.99 Å². The van der Waals surface area contributed by atoms with E-state index in [9.17, 15) is 9.59 Å². The van der Waals surface area contributed by atoms with Crippen LogP contribution in [0.25, 0.3) is 0 Å². The van der Waals surface area contributed by atoms with Crippen molar-refractivity contribution in [3.05, 3.63) is 47.7 Å². The van der Waals surface area contributed by atoms with Crippen LogP contribution in [0.15, 0.2) is 47.1 Å². The summed E-state index contributed by atoms with van der Waals surface area (Å²) >= 11 is 1.51. The Morgan fingerprint density at radius 1 is 1.34 bits per heavy atom. The molecule has 2 heterocycles. The van der Waals surface area contributed by atoms with Gasteiger partial charge >= 0.3 is 5.97 Å². The number of thioether (sulfide) groups is 1. The van der Waals surface area contributed by atoms with E-state index in [1.54, 1.807) is 18.9 Å². The first-order valence-electron chi connectivity index (χ1n) is 10.8. The smallest absolute Gasteiger partial charge is 0.338 e. The fourth-order valence-corrected chi connectivity index (χ4v) is 4.70. The van der Waals surface area contributed by atoms with Gasteiger partial charge in [0.15, 0.2) is 16.7 Å². The number of esters is 1. The zero-order valence-electron chi connectivity index (χ0n) is 18.9. The Bertz CT molecular complexity index is 940. The number of carbonyl (C=O) groups excluding carboxylic acids is 2. The summed E-state index contributed by atoms with van der Waals surface area (Å²) in [6.07, 6.45) is 5.06. The lowest BCUT2D eigenvalue weighted by molar-refractivity contribution is -0.139. The number of aliphatic imine (C=N–C) groups is 1. The molecule has 0 radical (unpaired) electrons. The number of carbonyl (C=O) groups is 2. The minimum absolute atomic E-state index is 0.0760. The Balaban J connectivity index is 2.00. The molecular formula is C24H30N2O5S. The second kappa shape index (κ2) is 11.2. The van der Waals surface area contributed by atoms with Crippen molar-refractivity contribution < 1.29 is 23.8 Å². The maximum atomic E-state index is 13.0. The average molecular weight is 459 g/mol. The number of hydrogen-bond donors (Lipinski definition) is 0. The van der Waals surface area contributed by atoms with Crippen LogP contribution in [-0.4, -0.2) is 48.0 Å². The van der Waals surface area contributed by atoms with Gasteiger partial charge in [-0.3, -0.25) is 9.69 Å². The van der Waals surface area contributed by atoms with Gasteiger partial charge in [-0.05, 0) is 31.0 Å². The third kappa shape index (κ3) is 5.18. The van der Waals surface area contributed by atoms with Crippen LogP contribution in [-0.2, 0) is 14.3 Å². The summed E-state index contributed by atoms with van der Waals surface area (Å²) in [6.45, 7) is 8.19. The molecule has 0 spiro atoms. The Hall–Kier alpha value is -2.74. The van der Waals surface area contributed by atoms with Crippen LogP contribution in [0.5, 0.6) is 11.5 Å². The molecule has 0 unspecified atom stereocenters. The molecule has 3 rings (SSSR count). The van der Waals surface area contributed by atoms with Crippen molar-refractivity contribution in [2.75, 3.05) is 26.1 Å². The number of methoxy groups -OCH3 is 1. The monoisotopic (exact) mass is 458 g/mol. The minimum atomic E-state index is -0.650. The van der Waals surface area contributed by atoms with Crippen molar-refractivity contribution in [1.29, 1.82) is 0 Å². The standard InChI is InChI=1S/C24H30N2O5S/c1-5-7-8-13-30-18-10-9-17(15-19(18)29-4)22-21(23(28)31-12-6-2)16(3)25-24-26(22)20(27)11-14-32-24/h6,9-10,15,22H,2,5,7-8,11-14H2,1,3-4H3/t22-/m0/s1. The van der Waals surface area contributed by atoms with Gasteiger partial charge in [0.1, 0.15) is 6.61 Å². The molecule has 1 aromatic rings. The van der Waals surface area contributed by atoms with Crippen LogP contribution in [0.4, 0.5) is 0 Å². The van der Waals surface area contributed by atoms with Gasteiger partial charge in [-0.15, -0.1) is 0 Å². The Morgan fingerprint density at radius 2 is 2.16 bits per heavy atom. The molecule has 7 nitrogen and oxygen atoms in total. The fraction of sp³-hybridized carbons (Fsp3) is 0.458. The first kappa shape index (κ1) is 23.9. The molecule has 8 heteroatoms. The zero-order chi connectivity index (χ0) is 23.1. The highest BCUT2D eigenvalue weighted by Crippen LogP contribution is 2.42. The predicted molar refractivity (Wildman–Crippen MR) is 126 cm³/mol. The number of benzene rings is 1. The van der Waals surface area contributed by atoms with Gasteiger partial charge < -0.3 is 14.2 Å². The SMILES string of the molecule is C=CCOC(=O)C1=C(C)N=C2SCCC(=O)N2[C@H]1c1ccc(OCCCCC)c(OC)c1. The van der Waals surface area contributed by atoms with Gasteiger partial charge in [0, 0.05) is 12.2 Å². The largest absolute Gasteiger partial charge is 0.493 e. The van der Waals surface area contributed by atoms with Crippen LogP contribution in [0.1, 0.15) is 51.1 Å². The maximum absolute atomic E-state index is 13.0. The topological polar surface area (TPSA) is 77.4 Å². The summed E-state index contributed by atoms with van der Waals surface area (Å²) in [6, 6.07) is 4.87. The van der Waals surface area contributed by atoms with Crippen LogP contribution >= 0.6 is 11.8 Å². The molecule has 32 heavy (non-hydrogen) atoms. The normalized spacial score (nSPS) is 18.1. The highest BCUT2D eigenvalue weighted by Gasteiger charge is 2.41. The van der Waals surface area contributed by atoms with Crippen molar-refractivity contribution in [1.82, 2.24) is 4.90 Å². The zero-order valence-corrected chi connectivity index (χ0v) is 19.7. The van der Waals surface area contributed by atoms with E-state index < -0.39 is 12.0 Å². The number of amides is 1. The molecular weight excluding hydrogens is 428 g/mol. The van der Waals surface area contributed by atoms with Crippen LogP contribution in [0.3, 0.4) is 0 Å². The molecule has 0 bridgehead atoms. The van der Waals surface area contributed by atoms with Gasteiger partial charge in [0.05, 0.1) is 31.0 Å². The second-order valence-electron chi connectivity index (χ2n) is 7.51. The number of rotatable bonds is 10. The minimum Gasteiger partial charge on any atom is -0.493 e. The number of unbranched alkanes of at least 4 members (excludes halogenated alkanes) is 2. The first-order chi connectivity index (χ1) is 15.5. The third-order valence-electron chi connectivity index (χ3n) is 5.27. The number of amidine groups is 1. The maximum Gasteiger partial charge on any atom is 0.338 e. The average Bonchev–Trinajstić information content (AvgIpc) is 2.79. The summed E-state index contributed by atoms with van der Waals surface area (Å²) in [5.74, 6) is 1.26. The summed E-state index contributed by atoms with van der Waals surface area (Å²) < 4.78 is 16.8. The van der Waals surface area contributed by atoms with Gasteiger partial charge in [0.2, 0.25) is 5.91 Å². The number of ether oxygens (including phenoxy) is 3. The van der Waals surface area contributed by atoms with Gasteiger partial charge in [0.25, 0.3) is 0 Å². The van der Waals surface area contributed by atoms with E-state index in [4.69, 9.17) is 14.2 Å². The van der Waals surface area contributed by atoms with Crippen molar-refractivity contribution in [3.8, 4) is 11.5 Å². The van der Waals surface area contributed by atoms with Crippen LogP contribution in [0.2, 0.25) is 0 Å². The van der Waals surface area contributed by atoms with Crippen molar-refractivity contribution in [3.63, 3.8) is 0 Å². The second-order valence-corrected chi connectivity index (χ2v) is 8.57. The van der Waals surface area contributed by atoms with Crippen molar-refractivity contribution in [2.45, 2.75) is 45.6 Å². The van der Waals surface area contributed by atoms with Crippen LogP contribution in [0, 0.1) is 0 Å². The molecule has 1 amide bonds. The van der Waals surface area contributed by atoms with E-state index in [-0.39, 0.29) is 12.5 Å². The van der Waals surface area contributed by atoms with E-state index in [1.807, 2.05) is 18.2 Å². The lowest BCUT2D eigenvalue weighted by atomic mass is 9.94. The quantitative estimate of drug-likeness (QED) is 0.289. The molecule has 0 saturated carbocycles. The molecule has 2 aliphatic rings. The van der Waals surface area contributed by atoms with Crippen molar-refractivity contribution >= 4 is 28.8 Å². The molecule has 2 aliphatic heterocycles. The van der Waals surface area contributed by atoms with Gasteiger partial charge in [-0.1, -0.05) is 50.2 Å². The van der Waals surface area contributed by atoms with E-state index in [0.717, 1.165) is 24.8 Å². The van der Waals surface area contributed by atoms with Gasteiger partial charge in [-0.2, -0.15) is 0 Å². The molecule has 1 aromatic carbocycles. The molecule has 0 aliphatic carbocycles. The van der Waals surface area contributed by atoms with Gasteiger partial charge in [-0.25, -0.2) is 9.79 Å². The Labute approximate surface area is 193 Å². The summed E-state index contributed by atoms with van der Waals surface area (Å²) in [5.41, 5.74) is 1.61. The Kier molecular flexibility index (Phi) is 8.39. The lowest BCUT2D eigenvalue weighted by Gasteiger charge is -2.39. The summed E-state index contributed by atoms with van der Waals surface area (Å²) in [7, 11) is 1.58. The molecule has 172 valence electrons. The third-order valence-corrected chi connectivity index (χ3v) is 6.22. The van der Waals surface area contributed by atoms with E-state index in [1.165, 1.54) is 17.8 Å². The number of allylic oxidation sites excluding steroid dienone is 1. The van der Waals surface area contributed by atoms with E-state index in [2.05, 4.69) is 18.5 Å².